The van der Waals surface area contributed by atoms with Gasteiger partial charge in [-0.2, -0.15) is 0 Å². The molecule has 2 atom stereocenters. The molecule has 188 valence electrons. The second-order valence-electron chi connectivity index (χ2n) is 9.19. The highest BCUT2D eigenvalue weighted by Gasteiger charge is 2.23. The van der Waals surface area contributed by atoms with Crippen LogP contribution in [-0.2, 0) is 6.54 Å². The average Bonchev–Trinajstić information content (AvgIpc) is 3.53. The van der Waals surface area contributed by atoms with Crippen LogP contribution in [-0.4, -0.2) is 48.3 Å². The minimum atomic E-state index is -0.708. The fourth-order valence-electron chi connectivity index (χ4n) is 4.76. The summed E-state index contributed by atoms with van der Waals surface area (Å²) < 4.78 is 24.7. The number of thiophene rings is 1. The lowest BCUT2D eigenvalue weighted by molar-refractivity contribution is 0.283. The normalized spacial score (nSPS) is 16.9. The summed E-state index contributed by atoms with van der Waals surface area (Å²) in [6.45, 7) is 6.13. The first kappa shape index (κ1) is 24.5. The van der Waals surface area contributed by atoms with E-state index in [0.29, 0.717) is 30.3 Å². The molecular formula is C28H31FN4O2S. The number of hydrogen-bond acceptors (Lipinski definition) is 7. The largest absolute Gasteiger partial charge is 0.493 e. The van der Waals surface area contributed by atoms with Gasteiger partial charge in [0.1, 0.15) is 17.8 Å². The number of nitrogens with one attached hydrogen (secondary N) is 1. The van der Waals surface area contributed by atoms with E-state index >= 15 is 0 Å². The summed E-state index contributed by atoms with van der Waals surface area (Å²) in [7, 11) is 3.24. The first-order chi connectivity index (χ1) is 17.4. The molecule has 6 nitrogen and oxygen atoms in total. The zero-order valence-corrected chi connectivity index (χ0v) is 21.9. The predicted octanol–water partition coefficient (Wildman–Crippen LogP) is 6.40. The number of hydrogen-bond donors (Lipinski definition) is 1. The van der Waals surface area contributed by atoms with E-state index in [0.717, 1.165) is 29.8 Å². The molecule has 0 bridgehead atoms. The van der Waals surface area contributed by atoms with Crippen molar-refractivity contribution in [3.05, 3.63) is 64.8 Å². The molecule has 2 unspecified atom stereocenters. The molecule has 0 aliphatic carbocycles. The molecule has 0 saturated carbocycles. The zero-order valence-electron chi connectivity index (χ0n) is 21.0. The number of halogens is 1. The molecule has 1 saturated heterocycles. The van der Waals surface area contributed by atoms with Gasteiger partial charge in [-0.05, 0) is 49.6 Å². The lowest BCUT2D eigenvalue weighted by atomic mass is 10.1. The lowest BCUT2D eigenvalue weighted by Crippen LogP contribution is -2.20. The minimum Gasteiger partial charge on any atom is -0.493 e. The molecule has 5 rings (SSSR count). The van der Waals surface area contributed by atoms with Crippen molar-refractivity contribution in [2.24, 2.45) is 0 Å². The Kier molecular flexibility index (Phi) is 7.07. The van der Waals surface area contributed by atoms with Gasteiger partial charge in [0, 0.05) is 40.8 Å². The number of nitrogens with zero attached hydrogens (tertiary/aromatic N) is 3. The maximum atomic E-state index is 13.7. The number of rotatable bonds is 8. The molecule has 2 aromatic carbocycles. The van der Waals surface area contributed by atoms with E-state index in [9.17, 15) is 4.39 Å². The molecule has 0 radical (unpaired) electrons. The summed E-state index contributed by atoms with van der Waals surface area (Å²) in [5, 5.41) is 4.47. The summed E-state index contributed by atoms with van der Waals surface area (Å²) in [5.41, 5.74) is 3.25. The Bertz CT molecular complexity index is 1380. The third-order valence-electron chi connectivity index (χ3n) is 6.61. The predicted molar refractivity (Wildman–Crippen MR) is 144 cm³/mol. The van der Waals surface area contributed by atoms with Crippen molar-refractivity contribution in [1.29, 1.82) is 0 Å². The Morgan fingerprint density at radius 2 is 1.89 bits per heavy atom. The van der Waals surface area contributed by atoms with Crippen LogP contribution in [0.2, 0.25) is 0 Å². The number of alkyl halides is 1. The van der Waals surface area contributed by atoms with Crippen LogP contribution in [0.4, 0.5) is 10.2 Å². The van der Waals surface area contributed by atoms with Crippen LogP contribution in [0, 0.1) is 6.92 Å². The first-order valence-corrected chi connectivity index (χ1v) is 13.0. The number of ether oxygens (including phenoxy) is 2. The number of fused-ring (bicyclic) bond motifs is 1. The van der Waals surface area contributed by atoms with Gasteiger partial charge in [-0.3, -0.25) is 4.90 Å². The van der Waals surface area contributed by atoms with Crippen LogP contribution in [0.1, 0.15) is 35.7 Å². The Morgan fingerprint density at radius 1 is 1.11 bits per heavy atom. The number of methoxy groups -OCH3 is 2. The average molecular weight is 507 g/mol. The quantitative estimate of drug-likeness (QED) is 0.298. The van der Waals surface area contributed by atoms with Crippen molar-refractivity contribution in [2.45, 2.75) is 39.0 Å². The summed E-state index contributed by atoms with van der Waals surface area (Å²) in [4.78, 5) is 13.9. The van der Waals surface area contributed by atoms with Crippen molar-refractivity contribution < 1.29 is 13.9 Å². The Labute approximate surface area is 215 Å². The van der Waals surface area contributed by atoms with E-state index in [2.05, 4.69) is 58.5 Å². The maximum absolute atomic E-state index is 13.7. The van der Waals surface area contributed by atoms with Gasteiger partial charge in [0.2, 0.25) is 0 Å². The Hall–Kier alpha value is -3.23. The van der Waals surface area contributed by atoms with Gasteiger partial charge < -0.3 is 14.8 Å². The van der Waals surface area contributed by atoms with E-state index in [1.165, 1.54) is 20.9 Å². The topological polar surface area (TPSA) is 59.5 Å². The van der Waals surface area contributed by atoms with E-state index < -0.39 is 6.17 Å². The van der Waals surface area contributed by atoms with E-state index in [1.54, 1.807) is 25.6 Å². The van der Waals surface area contributed by atoms with E-state index in [1.807, 2.05) is 19.1 Å². The zero-order chi connectivity index (χ0) is 25.2. The molecular weight excluding hydrogens is 475 g/mol. The van der Waals surface area contributed by atoms with Gasteiger partial charge in [0.05, 0.1) is 25.8 Å². The Balaban J connectivity index is 1.40. The van der Waals surface area contributed by atoms with Crippen LogP contribution in [0.15, 0.2) is 48.5 Å². The van der Waals surface area contributed by atoms with Crippen LogP contribution >= 0.6 is 11.3 Å². The van der Waals surface area contributed by atoms with Gasteiger partial charge in [0.15, 0.2) is 11.5 Å². The monoisotopic (exact) mass is 506 g/mol. The minimum absolute atomic E-state index is 0.0346. The van der Waals surface area contributed by atoms with Crippen molar-refractivity contribution >= 4 is 28.1 Å². The summed E-state index contributed by atoms with van der Waals surface area (Å²) in [6.07, 6.45) is -0.0790. The van der Waals surface area contributed by atoms with Crippen LogP contribution in [0.25, 0.3) is 21.3 Å². The lowest BCUT2D eigenvalue weighted by Gasteiger charge is -2.17. The van der Waals surface area contributed by atoms with Crippen molar-refractivity contribution in [2.75, 3.05) is 32.6 Å². The van der Waals surface area contributed by atoms with Crippen LogP contribution in [0.3, 0.4) is 0 Å². The molecule has 1 aliphatic heterocycles. The number of benzene rings is 2. The number of aryl methyl sites for hydroxylation is 1. The molecule has 0 amide bonds. The standard InChI is InChI=1S/C28H31FN4O2S/c1-17(30-28-22-13-24(34-3)25(35-4)14-23(22)31-18(2)32-28)26-9-10-27(36-26)21-8-6-5-7-19(21)15-33-12-11-20(29)16-33/h5-10,13-14,17,20H,11-12,15-16H2,1-4H3,(H,30,31,32). The van der Waals surface area contributed by atoms with Crippen molar-refractivity contribution in [3.63, 3.8) is 0 Å². The molecule has 2 aromatic heterocycles. The fraction of sp³-hybridized carbons (Fsp3) is 0.357. The molecule has 1 fully saturated rings. The number of aromatic nitrogens is 2. The SMILES string of the molecule is COc1cc2nc(C)nc(NC(C)c3ccc(-c4ccccc4CN4CCC(F)C4)s3)c2cc1OC. The Morgan fingerprint density at radius 3 is 2.64 bits per heavy atom. The summed E-state index contributed by atoms with van der Waals surface area (Å²) >= 11 is 1.77. The third-order valence-corrected chi connectivity index (χ3v) is 7.91. The number of likely N-dealkylation sites (tertiary alicyclic amines) is 1. The smallest absolute Gasteiger partial charge is 0.162 e. The highest BCUT2D eigenvalue weighted by Crippen LogP contribution is 2.38. The van der Waals surface area contributed by atoms with Gasteiger partial charge in [-0.25, -0.2) is 14.4 Å². The van der Waals surface area contributed by atoms with Gasteiger partial charge in [-0.1, -0.05) is 24.3 Å². The maximum Gasteiger partial charge on any atom is 0.162 e. The van der Waals surface area contributed by atoms with Crippen LogP contribution in [0.5, 0.6) is 11.5 Å². The van der Waals surface area contributed by atoms with Gasteiger partial charge in [-0.15, -0.1) is 11.3 Å². The molecule has 36 heavy (non-hydrogen) atoms. The molecule has 1 aliphatic rings. The molecule has 8 heteroatoms. The van der Waals surface area contributed by atoms with E-state index in [4.69, 9.17) is 14.5 Å². The molecule has 1 N–H and O–H groups in total. The van der Waals surface area contributed by atoms with Crippen molar-refractivity contribution in [1.82, 2.24) is 14.9 Å². The van der Waals surface area contributed by atoms with Gasteiger partial charge in [0.25, 0.3) is 0 Å². The fourth-order valence-corrected chi connectivity index (χ4v) is 5.83. The summed E-state index contributed by atoms with van der Waals surface area (Å²) in [5.74, 6) is 2.72. The highest BCUT2D eigenvalue weighted by atomic mass is 32.1. The van der Waals surface area contributed by atoms with Crippen LogP contribution < -0.4 is 14.8 Å². The van der Waals surface area contributed by atoms with Crippen molar-refractivity contribution in [3.8, 4) is 21.9 Å². The molecule has 0 spiro atoms. The second-order valence-corrected chi connectivity index (χ2v) is 10.3. The summed E-state index contributed by atoms with van der Waals surface area (Å²) in [6, 6.07) is 16.6. The molecule has 3 heterocycles. The second kappa shape index (κ2) is 10.4. The third kappa shape index (κ3) is 5.01. The van der Waals surface area contributed by atoms with E-state index in [-0.39, 0.29) is 6.04 Å². The highest BCUT2D eigenvalue weighted by molar-refractivity contribution is 7.15. The number of anilines is 1. The first-order valence-electron chi connectivity index (χ1n) is 12.2. The van der Waals surface area contributed by atoms with Gasteiger partial charge >= 0.3 is 0 Å². The molecule has 4 aromatic rings.